The molecule has 0 amide bonds. The third kappa shape index (κ3) is 3.10. The molecule has 0 bridgehead atoms. The van der Waals surface area contributed by atoms with E-state index in [9.17, 15) is 18.4 Å². The number of aldehydes is 1. The molecule has 23 heavy (non-hydrogen) atoms. The fraction of sp³-hybridized carbons (Fsp3) is 0.267. The zero-order chi connectivity index (χ0) is 17.1. The van der Waals surface area contributed by atoms with Crippen LogP contribution in [0.1, 0.15) is 46.3 Å². The van der Waals surface area contributed by atoms with Crippen molar-refractivity contribution in [2.45, 2.75) is 19.9 Å². The van der Waals surface area contributed by atoms with E-state index in [0.717, 1.165) is 10.7 Å². The highest BCUT2D eigenvalue weighted by Gasteiger charge is 2.26. The van der Waals surface area contributed by atoms with Gasteiger partial charge in [-0.1, -0.05) is 23.7 Å². The lowest BCUT2D eigenvalue weighted by Gasteiger charge is -2.14. The zero-order valence-electron chi connectivity index (χ0n) is 12.3. The van der Waals surface area contributed by atoms with Crippen molar-refractivity contribution < 1.29 is 23.1 Å². The number of nitrogens with zero attached hydrogens (tertiary/aromatic N) is 2. The molecule has 0 fully saturated rings. The van der Waals surface area contributed by atoms with Crippen molar-refractivity contribution in [3.63, 3.8) is 0 Å². The number of hydrogen-bond donors (Lipinski definition) is 0. The third-order valence-corrected chi connectivity index (χ3v) is 3.65. The van der Waals surface area contributed by atoms with E-state index in [4.69, 9.17) is 16.3 Å². The van der Waals surface area contributed by atoms with Crippen LogP contribution in [0.3, 0.4) is 0 Å². The first-order valence-corrected chi connectivity index (χ1v) is 7.14. The average molecular weight is 343 g/mol. The van der Waals surface area contributed by atoms with E-state index in [1.54, 1.807) is 6.92 Å². The summed E-state index contributed by atoms with van der Waals surface area (Å²) >= 11 is 6.06. The van der Waals surface area contributed by atoms with E-state index < -0.39 is 23.6 Å². The van der Waals surface area contributed by atoms with Crippen molar-refractivity contribution in [1.29, 1.82) is 0 Å². The van der Waals surface area contributed by atoms with Gasteiger partial charge in [-0.15, -0.1) is 0 Å². The van der Waals surface area contributed by atoms with Crippen LogP contribution in [0.15, 0.2) is 18.2 Å². The number of halogens is 3. The fourth-order valence-corrected chi connectivity index (χ4v) is 2.43. The number of hydrogen-bond acceptors (Lipinski definition) is 4. The smallest absolute Gasteiger partial charge is 0.359 e. The normalized spacial score (nSPS) is 12.0. The maximum atomic E-state index is 13.9. The molecule has 1 atom stereocenters. The molecule has 5 nitrogen and oxygen atoms in total. The second kappa shape index (κ2) is 6.87. The highest BCUT2D eigenvalue weighted by Crippen LogP contribution is 2.28. The van der Waals surface area contributed by atoms with Gasteiger partial charge in [0.25, 0.3) is 0 Å². The van der Waals surface area contributed by atoms with Gasteiger partial charge >= 0.3 is 5.97 Å². The highest BCUT2D eigenvalue weighted by atomic mass is 35.5. The molecular formula is C15H13ClF2N2O3. The first-order chi connectivity index (χ1) is 10.9. The van der Waals surface area contributed by atoms with Crippen molar-refractivity contribution >= 4 is 23.9 Å². The SMILES string of the molecule is CCOC(=O)c1nn(C(C)c2cccc(F)c2F)c(Cl)c1C=O. The van der Waals surface area contributed by atoms with E-state index in [1.165, 1.54) is 19.1 Å². The van der Waals surface area contributed by atoms with Gasteiger partial charge in [0, 0.05) is 5.56 Å². The lowest BCUT2D eigenvalue weighted by molar-refractivity contribution is 0.0516. The van der Waals surface area contributed by atoms with Crippen LogP contribution >= 0.6 is 11.6 Å². The van der Waals surface area contributed by atoms with Crippen LogP contribution in [0.5, 0.6) is 0 Å². The first-order valence-electron chi connectivity index (χ1n) is 6.76. The summed E-state index contributed by atoms with van der Waals surface area (Å²) < 4.78 is 33.2. The number of rotatable bonds is 5. The molecule has 2 aromatic rings. The van der Waals surface area contributed by atoms with Gasteiger partial charge in [0.05, 0.1) is 18.2 Å². The summed E-state index contributed by atoms with van der Waals surface area (Å²) in [5, 5.41) is 3.78. The second-order valence-electron chi connectivity index (χ2n) is 4.66. The Morgan fingerprint density at radius 1 is 1.48 bits per heavy atom. The number of carbonyl (C=O) groups excluding carboxylic acids is 2. The largest absolute Gasteiger partial charge is 0.461 e. The van der Waals surface area contributed by atoms with Crippen LogP contribution < -0.4 is 0 Å². The average Bonchev–Trinajstić information content (AvgIpc) is 2.86. The minimum atomic E-state index is -1.04. The molecule has 0 aliphatic rings. The number of ether oxygens (including phenoxy) is 1. The number of benzene rings is 1. The van der Waals surface area contributed by atoms with Gasteiger partial charge in [0.15, 0.2) is 23.6 Å². The minimum Gasteiger partial charge on any atom is -0.461 e. The summed E-state index contributed by atoms with van der Waals surface area (Å²) in [5.41, 5.74) is -0.438. The summed E-state index contributed by atoms with van der Waals surface area (Å²) in [7, 11) is 0. The summed E-state index contributed by atoms with van der Waals surface area (Å²) in [4.78, 5) is 23.0. The van der Waals surface area contributed by atoms with Crippen molar-refractivity contribution in [2.24, 2.45) is 0 Å². The number of carbonyl (C=O) groups is 2. The van der Waals surface area contributed by atoms with Gasteiger partial charge in [0.1, 0.15) is 5.15 Å². The Kier molecular flexibility index (Phi) is 5.10. The van der Waals surface area contributed by atoms with Crippen LogP contribution in [-0.2, 0) is 4.74 Å². The number of aromatic nitrogens is 2. The molecule has 0 aliphatic carbocycles. The molecule has 122 valence electrons. The predicted octanol–water partition coefficient (Wildman–Crippen LogP) is 3.41. The van der Waals surface area contributed by atoms with Gasteiger partial charge < -0.3 is 4.74 Å². The number of esters is 1. The Labute approximate surface area is 135 Å². The van der Waals surface area contributed by atoms with Gasteiger partial charge in [-0.3, -0.25) is 4.79 Å². The standard InChI is InChI=1S/C15H13ClF2N2O3/c1-3-23-15(22)13-10(7-21)14(16)20(19-13)8(2)9-5-4-6-11(17)12(9)18/h4-8H,3H2,1-2H3. The molecule has 0 aliphatic heterocycles. The van der Waals surface area contributed by atoms with E-state index in [1.807, 2.05) is 0 Å². The molecule has 0 saturated heterocycles. The Bertz CT molecular complexity index is 761. The molecule has 1 unspecified atom stereocenters. The minimum absolute atomic E-state index is 0.0118. The van der Waals surface area contributed by atoms with Crippen molar-refractivity contribution in [3.05, 3.63) is 51.8 Å². The van der Waals surface area contributed by atoms with Gasteiger partial charge in [0.2, 0.25) is 0 Å². The molecule has 1 aromatic carbocycles. The Morgan fingerprint density at radius 2 is 2.17 bits per heavy atom. The highest BCUT2D eigenvalue weighted by molar-refractivity contribution is 6.32. The van der Waals surface area contributed by atoms with E-state index >= 15 is 0 Å². The van der Waals surface area contributed by atoms with Crippen molar-refractivity contribution in [3.8, 4) is 0 Å². The van der Waals surface area contributed by atoms with Crippen LogP contribution in [-0.4, -0.2) is 28.6 Å². The molecule has 0 saturated carbocycles. The summed E-state index contributed by atoms with van der Waals surface area (Å²) in [6, 6.07) is 2.86. The molecule has 8 heteroatoms. The molecule has 1 aromatic heterocycles. The maximum absolute atomic E-state index is 13.9. The van der Waals surface area contributed by atoms with E-state index in [2.05, 4.69) is 5.10 Å². The summed E-state index contributed by atoms with van der Waals surface area (Å²) in [5.74, 6) is -2.88. The molecule has 1 heterocycles. The first kappa shape index (κ1) is 17.1. The molecule has 0 N–H and O–H groups in total. The molecule has 2 rings (SSSR count). The van der Waals surface area contributed by atoms with E-state index in [0.29, 0.717) is 6.29 Å². The van der Waals surface area contributed by atoms with Crippen LogP contribution in [0.2, 0.25) is 5.15 Å². The topological polar surface area (TPSA) is 61.2 Å². The van der Waals surface area contributed by atoms with Gasteiger partial charge in [-0.2, -0.15) is 5.10 Å². The summed E-state index contributed by atoms with van der Waals surface area (Å²) in [6.07, 6.45) is 0.368. The zero-order valence-corrected chi connectivity index (χ0v) is 13.1. The van der Waals surface area contributed by atoms with Crippen LogP contribution in [0, 0.1) is 11.6 Å². The van der Waals surface area contributed by atoms with Crippen LogP contribution in [0.25, 0.3) is 0 Å². The van der Waals surface area contributed by atoms with Gasteiger partial charge in [-0.05, 0) is 19.9 Å². The van der Waals surface area contributed by atoms with Crippen molar-refractivity contribution in [2.75, 3.05) is 6.61 Å². The lowest BCUT2D eigenvalue weighted by atomic mass is 10.1. The molecule has 0 spiro atoms. The van der Waals surface area contributed by atoms with Gasteiger partial charge in [-0.25, -0.2) is 18.3 Å². The molecule has 0 radical (unpaired) electrons. The summed E-state index contributed by atoms with van der Waals surface area (Å²) in [6.45, 7) is 3.21. The quantitative estimate of drug-likeness (QED) is 0.617. The monoisotopic (exact) mass is 342 g/mol. The van der Waals surface area contributed by atoms with Crippen LogP contribution in [0.4, 0.5) is 8.78 Å². The second-order valence-corrected chi connectivity index (χ2v) is 5.01. The lowest BCUT2D eigenvalue weighted by Crippen LogP contribution is -2.13. The van der Waals surface area contributed by atoms with Crippen molar-refractivity contribution in [1.82, 2.24) is 9.78 Å². The molecular weight excluding hydrogens is 330 g/mol. The predicted molar refractivity (Wildman–Crippen MR) is 78.8 cm³/mol. The Morgan fingerprint density at radius 3 is 2.78 bits per heavy atom. The maximum Gasteiger partial charge on any atom is 0.359 e. The third-order valence-electron chi connectivity index (χ3n) is 3.27. The fourth-order valence-electron chi connectivity index (χ4n) is 2.11. The van der Waals surface area contributed by atoms with E-state index in [-0.39, 0.29) is 28.6 Å². The Balaban J connectivity index is 2.53. The Hall–Kier alpha value is -2.28.